The van der Waals surface area contributed by atoms with Gasteiger partial charge in [0.2, 0.25) is 0 Å². The smallest absolute Gasteiger partial charge is 0.122 e. The molecule has 0 radical (unpaired) electrons. The summed E-state index contributed by atoms with van der Waals surface area (Å²) in [6.45, 7) is 8.55. The lowest BCUT2D eigenvalue weighted by Gasteiger charge is -2.17. The number of hydrogen-bond acceptors (Lipinski definition) is 2. The van der Waals surface area contributed by atoms with Crippen LogP contribution in [-0.2, 0) is 12.8 Å². The van der Waals surface area contributed by atoms with E-state index in [1.54, 1.807) is 14.2 Å². The average molecular weight is 320 g/mol. The molecule has 3 rings (SSSR count). The fourth-order valence-corrected chi connectivity index (χ4v) is 3.30. The van der Waals surface area contributed by atoms with E-state index >= 15 is 0 Å². The van der Waals surface area contributed by atoms with E-state index < -0.39 is 0 Å². The van der Waals surface area contributed by atoms with Crippen molar-refractivity contribution >= 4 is 11.1 Å². The molecule has 0 fully saturated rings. The molecule has 0 amide bonds. The molecule has 0 spiro atoms. The highest BCUT2D eigenvalue weighted by Gasteiger charge is 2.14. The number of ether oxygens (including phenoxy) is 2. The molecule has 0 unspecified atom stereocenters. The van der Waals surface area contributed by atoms with Crippen molar-refractivity contribution < 1.29 is 9.47 Å². The Hall–Kier alpha value is -2.48. The van der Waals surface area contributed by atoms with Crippen molar-refractivity contribution in [3.8, 4) is 11.5 Å². The first-order valence-corrected chi connectivity index (χ1v) is 8.37. The molecule has 2 heteroatoms. The third-order valence-electron chi connectivity index (χ3n) is 4.76. The van der Waals surface area contributed by atoms with Crippen molar-refractivity contribution in [3.05, 3.63) is 71.8 Å². The number of allylic oxidation sites excluding steroid dienone is 2. The summed E-state index contributed by atoms with van der Waals surface area (Å²) < 4.78 is 11.0. The van der Waals surface area contributed by atoms with E-state index in [-0.39, 0.29) is 0 Å². The molecule has 24 heavy (non-hydrogen) atoms. The summed E-state index contributed by atoms with van der Waals surface area (Å²) in [6.07, 6.45) is 4.22. The van der Waals surface area contributed by atoms with Crippen molar-refractivity contribution in [2.45, 2.75) is 25.7 Å². The Morgan fingerprint density at radius 1 is 0.708 bits per heavy atom. The second-order valence-electron chi connectivity index (χ2n) is 6.22. The molecule has 0 atom stereocenters. The van der Waals surface area contributed by atoms with Crippen molar-refractivity contribution in [2.75, 3.05) is 14.2 Å². The minimum Gasteiger partial charge on any atom is -0.496 e. The molecular formula is C22H24O2. The highest BCUT2D eigenvalue weighted by molar-refractivity contribution is 6.03. The van der Waals surface area contributed by atoms with E-state index in [1.165, 1.54) is 11.1 Å². The summed E-state index contributed by atoms with van der Waals surface area (Å²) in [4.78, 5) is 0. The summed E-state index contributed by atoms with van der Waals surface area (Å²) in [5, 5.41) is 0. The van der Waals surface area contributed by atoms with Crippen molar-refractivity contribution in [1.82, 2.24) is 0 Å². The Labute approximate surface area is 144 Å². The van der Waals surface area contributed by atoms with Crippen LogP contribution in [0.1, 0.15) is 35.1 Å². The van der Waals surface area contributed by atoms with Crippen LogP contribution in [0.15, 0.2) is 49.6 Å². The zero-order valence-corrected chi connectivity index (χ0v) is 14.5. The summed E-state index contributed by atoms with van der Waals surface area (Å²) in [5.74, 6) is 1.90. The van der Waals surface area contributed by atoms with Gasteiger partial charge in [-0.2, -0.15) is 0 Å². The van der Waals surface area contributed by atoms with E-state index in [0.717, 1.165) is 59.5 Å². The zero-order chi connectivity index (χ0) is 17.1. The van der Waals surface area contributed by atoms with Gasteiger partial charge in [-0.05, 0) is 83.3 Å². The molecule has 1 aliphatic rings. The van der Waals surface area contributed by atoms with Crippen LogP contribution in [-0.4, -0.2) is 14.2 Å². The van der Waals surface area contributed by atoms with E-state index in [1.807, 2.05) is 12.1 Å². The van der Waals surface area contributed by atoms with Crippen LogP contribution in [0.5, 0.6) is 11.5 Å². The van der Waals surface area contributed by atoms with Gasteiger partial charge < -0.3 is 9.47 Å². The minimum absolute atomic E-state index is 0.949. The van der Waals surface area contributed by atoms with E-state index in [4.69, 9.17) is 9.47 Å². The van der Waals surface area contributed by atoms with Crippen molar-refractivity contribution in [2.24, 2.45) is 0 Å². The highest BCUT2D eigenvalue weighted by Crippen LogP contribution is 2.34. The second kappa shape index (κ2) is 6.96. The third kappa shape index (κ3) is 3.09. The quantitative estimate of drug-likeness (QED) is 0.746. The second-order valence-corrected chi connectivity index (χ2v) is 6.22. The minimum atomic E-state index is 0.949. The molecule has 0 N–H and O–H groups in total. The van der Waals surface area contributed by atoms with Gasteiger partial charge in [0.25, 0.3) is 0 Å². The topological polar surface area (TPSA) is 18.5 Å². The number of methoxy groups -OCH3 is 2. The van der Waals surface area contributed by atoms with Crippen molar-refractivity contribution in [3.63, 3.8) is 0 Å². The van der Waals surface area contributed by atoms with Gasteiger partial charge in [-0.15, -0.1) is 0 Å². The van der Waals surface area contributed by atoms with E-state index in [2.05, 4.69) is 37.4 Å². The van der Waals surface area contributed by atoms with Crippen LogP contribution in [0.3, 0.4) is 0 Å². The van der Waals surface area contributed by atoms with Crippen LogP contribution in [0.25, 0.3) is 11.1 Å². The molecule has 4 bridgehead atoms. The van der Waals surface area contributed by atoms with Gasteiger partial charge in [0.05, 0.1) is 14.2 Å². The van der Waals surface area contributed by atoms with Gasteiger partial charge in [0.1, 0.15) is 11.5 Å². The first-order chi connectivity index (χ1) is 11.6. The Balaban J connectivity index is 2.06. The van der Waals surface area contributed by atoms with E-state index in [9.17, 15) is 0 Å². The van der Waals surface area contributed by atoms with Gasteiger partial charge in [0, 0.05) is 0 Å². The van der Waals surface area contributed by atoms with Gasteiger partial charge in [-0.3, -0.25) is 0 Å². The molecule has 0 aromatic heterocycles. The molecule has 0 saturated heterocycles. The molecule has 2 aromatic carbocycles. The largest absolute Gasteiger partial charge is 0.496 e. The summed E-state index contributed by atoms with van der Waals surface area (Å²) in [6, 6.07) is 12.6. The first-order valence-electron chi connectivity index (χ1n) is 8.37. The lowest BCUT2D eigenvalue weighted by molar-refractivity contribution is 0.407. The fraction of sp³-hybridized carbons (Fsp3) is 0.273. The Kier molecular flexibility index (Phi) is 4.75. The molecule has 2 aromatic rings. The van der Waals surface area contributed by atoms with Gasteiger partial charge in [-0.1, -0.05) is 25.3 Å². The van der Waals surface area contributed by atoms with Crippen LogP contribution in [0.2, 0.25) is 0 Å². The predicted molar refractivity (Wildman–Crippen MR) is 101 cm³/mol. The lowest BCUT2D eigenvalue weighted by Crippen LogP contribution is -2.00. The molecular weight excluding hydrogens is 296 g/mol. The van der Waals surface area contributed by atoms with Gasteiger partial charge in [0.15, 0.2) is 0 Å². The van der Waals surface area contributed by atoms with Crippen molar-refractivity contribution in [1.29, 1.82) is 0 Å². The van der Waals surface area contributed by atoms with Crippen LogP contribution < -0.4 is 9.47 Å². The standard InChI is InChI=1S/C22H24O2/c1-15-16(2)18-10-12-22(24-4)20(14-18)8-6-5-7-19-13-17(15)9-11-21(19)23-3/h9-14H,1-2,5-8H2,3-4H3. The Bertz CT molecular complexity index is 719. The summed E-state index contributed by atoms with van der Waals surface area (Å²) in [7, 11) is 3.45. The first kappa shape index (κ1) is 16.4. The van der Waals surface area contributed by atoms with Crippen LogP contribution in [0, 0.1) is 0 Å². The number of fused-ring (bicyclic) bond motifs is 4. The number of aryl methyl sites for hydroxylation is 2. The summed E-state index contributed by atoms with van der Waals surface area (Å²) in [5.41, 5.74) is 6.59. The maximum absolute atomic E-state index is 5.52. The Morgan fingerprint density at radius 3 is 1.50 bits per heavy atom. The Morgan fingerprint density at radius 2 is 1.12 bits per heavy atom. The normalized spacial score (nSPS) is 14.6. The molecule has 124 valence electrons. The van der Waals surface area contributed by atoms with Gasteiger partial charge >= 0.3 is 0 Å². The average Bonchev–Trinajstić information content (AvgIpc) is 2.63. The molecule has 2 nitrogen and oxygen atoms in total. The third-order valence-corrected chi connectivity index (χ3v) is 4.76. The maximum Gasteiger partial charge on any atom is 0.122 e. The maximum atomic E-state index is 5.52. The fourth-order valence-electron chi connectivity index (χ4n) is 3.30. The van der Waals surface area contributed by atoms with Gasteiger partial charge in [-0.25, -0.2) is 0 Å². The number of benzene rings is 2. The zero-order valence-electron chi connectivity index (χ0n) is 14.5. The highest BCUT2D eigenvalue weighted by atomic mass is 16.5. The van der Waals surface area contributed by atoms with Crippen LogP contribution in [0.4, 0.5) is 0 Å². The molecule has 0 saturated carbocycles. The van der Waals surface area contributed by atoms with Crippen LogP contribution >= 0.6 is 0 Å². The number of hydrogen-bond donors (Lipinski definition) is 0. The lowest BCUT2D eigenvalue weighted by atomic mass is 9.90. The molecule has 1 aliphatic carbocycles. The molecule has 0 heterocycles. The SMILES string of the molecule is C=C1C(=C)c2ccc(OC)c(c2)CCCCc2cc1ccc2OC. The predicted octanol–water partition coefficient (Wildman–Crippen LogP) is 5.31. The van der Waals surface area contributed by atoms with E-state index in [0.29, 0.717) is 0 Å². The molecule has 0 aliphatic heterocycles. The number of rotatable bonds is 2. The monoisotopic (exact) mass is 320 g/mol. The summed E-state index contributed by atoms with van der Waals surface area (Å²) >= 11 is 0.